The highest BCUT2D eigenvalue weighted by Gasteiger charge is 2.18. The van der Waals surface area contributed by atoms with Crippen molar-refractivity contribution in [1.29, 1.82) is 0 Å². The van der Waals surface area contributed by atoms with Gasteiger partial charge in [-0.2, -0.15) is 0 Å². The normalized spacial score (nSPS) is 13.5. The number of hydrogen-bond donors (Lipinski definition) is 2. The van der Waals surface area contributed by atoms with Gasteiger partial charge in [0.2, 0.25) is 0 Å². The van der Waals surface area contributed by atoms with Gasteiger partial charge in [0.05, 0.1) is 0 Å². The molecule has 0 amide bonds. The summed E-state index contributed by atoms with van der Waals surface area (Å²) in [6.45, 7) is 6.76. The first kappa shape index (κ1) is 14.0. The van der Waals surface area contributed by atoms with Crippen LogP contribution >= 0.6 is 0 Å². The van der Waals surface area contributed by atoms with Crippen LogP contribution in [-0.2, 0) is 4.74 Å². The summed E-state index contributed by atoms with van der Waals surface area (Å²) >= 11 is 0. The van der Waals surface area contributed by atoms with Gasteiger partial charge in [-0.25, -0.2) is 0 Å². The van der Waals surface area contributed by atoms with Crippen molar-refractivity contribution in [2.45, 2.75) is 45.6 Å². The quantitative estimate of drug-likeness (QED) is 0.386. The fourth-order valence-electron chi connectivity index (χ4n) is 1.29. The maximum Gasteiger partial charge on any atom is 0.184 e. The molecule has 3 heteroatoms. The molecule has 0 heterocycles. The molecular formula is C12H24N2O. The molecule has 0 aromatic rings. The van der Waals surface area contributed by atoms with Crippen LogP contribution < -0.4 is 11.5 Å². The zero-order chi connectivity index (χ0) is 11.7. The molecule has 3 nitrogen and oxygen atoms in total. The Hall–Kier alpha value is -0.960. The highest BCUT2D eigenvalue weighted by Crippen LogP contribution is 2.19. The minimum atomic E-state index is -0.211. The molecule has 0 aliphatic carbocycles. The molecular weight excluding hydrogens is 188 g/mol. The van der Waals surface area contributed by atoms with Crippen molar-refractivity contribution >= 4 is 0 Å². The summed E-state index contributed by atoms with van der Waals surface area (Å²) in [7, 11) is 0. The average molecular weight is 212 g/mol. The van der Waals surface area contributed by atoms with E-state index in [4.69, 9.17) is 16.2 Å². The van der Waals surface area contributed by atoms with Crippen molar-refractivity contribution in [3.63, 3.8) is 0 Å². The van der Waals surface area contributed by atoms with Crippen LogP contribution in [-0.4, -0.2) is 12.1 Å². The first-order valence-electron chi connectivity index (χ1n) is 5.49. The first-order chi connectivity index (χ1) is 7.02. The minimum Gasteiger partial charge on any atom is -0.473 e. The van der Waals surface area contributed by atoms with Gasteiger partial charge in [0.15, 0.2) is 5.88 Å². The van der Waals surface area contributed by atoms with E-state index in [-0.39, 0.29) is 5.60 Å². The molecule has 0 rings (SSSR count). The van der Waals surface area contributed by atoms with E-state index in [0.29, 0.717) is 5.88 Å². The highest BCUT2D eigenvalue weighted by atomic mass is 16.5. The monoisotopic (exact) mass is 212 g/mol. The van der Waals surface area contributed by atoms with Gasteiger partial charge >= 0.3 is 0 Å². The summed E-state index contributed by atoms with van der Waals surface area (Å²) < 4.78 is 5.63. The molecule has 15 heavy (non-hydrogen) atoms. The first-order valence-corrected chi connectivity index (χ1v) is 5.49. The number of hydrogen-bond acceptors (Lipinski definition) is 3. The molecule has 0 fully saturated rings. The molecule has 0 saturated carbocycles. The summed E-state index contributed by atoms with van der Waals surface area (Å²) in [5.74, 6) is 0.464. The molecule has 0 aromatic carbocycles. The molecule has 0 bridgehead atoms. The zero-order valence-electron chi connectivity index (χ0n) is 10.1. The fraction of sp³-hybridized carbons (Fsp3) is 0.667. The number of unbranched alkanes of at least 4 members (excludes halogenated alkanes) is 1. The average Bonchev–Trinajstić information content (AvgIpc) is 2.14. The molecule has 4 N–H and O–H groups in total. The Balaban J connectivity index is 4.00. The van der Waals surface area contributed by atoms with Crippen LogP contribution in [0.5, 0.6) is 0 Å². The highest BCUT2D eigenvalue weighted by molar-refractivity contribution is 5.04. The lowest BCUT2D eigenvalue weighted by Crippen LogP contribution is -2.26. The van der Waals surface area contributed by atoms with Crippen molar-refractivity contribution in [3.05, 3.63) is 24.1 Å². The second-order valence-corrected chi connectivity index (χ2v) is 4.20. The largest absolute Gasteiger partial charge is 0.473 e. The third-order valence-corrected chi connectivity index (χ3v) is 2.08. The Labute approximate surface area is 93.2 Å². The molecule has 0 atom stereocenters. The Morgan fingerprint density at radius 3 is 2.53 bits per heavy atom. The summed E-state index contributed by atoms with van der Waals surface area (Å²) in [5.41, 5.74) is 10.9. The molecule has 0 aliphatic rings. The van der Waals surface area contributed by atoms with E-state index < -0.39 is 0 Å². The lowest BCUT2D eigenvalue weighted by atomic mass is 10.0. The van der Waals surface area contributed by atoms with Crippen LogP contribution in [0.25, 0.3) is 0 Å². The molecule has 0 saturated heterocycles. The minimum absolute atomic E-state index is 0.211. The zero-order valence-corrected chi connectivity index (χ0v) is 10.1. The summed E-state index contributed by atoms with van der Waals surface area (Å²) in [6.07, 6.45) is 8.62. The van der Waals surface area contributed by atoms with E-state index in [1.807, 2.05) is 32.9 Å². The maximum atomic E-state index is 5.71. The van der Waals surface area contributed by atoms with Crippen molar-refractivity contribution in [2.75, 3.05) is 6.54 Å². The van der Waals surface area contributed by atoms with Crippen molar-refractivity contribution in [2.24, 2.45) is 11.5 Å². The van der Waals surface area contributed by atoms with Crippen molar-refractivity contribution < 1.29 is 4.74 Å². The number of nitrogens with two attached hydrogens (primary N) is 2. The van der Waals surface area contributed by atoms with Gasteiger partial charge in [-0.1, -0.05) is 12.2 Å². The SMILES string of the molecule is C/C=C\C=C(/N)OC(C)(C)CCCCN. The molecule has 0 aromatic heterocycles. The Morgan fingerprint density at radius 2 is 2.00 bits per heavy atom. The topological polar surface area (TPSA) is 61.3 Å². The van der Waals surface area contributed by atoms with E-state index in [1.54, 1.807) is 6.08 Å². The van der Waals surface area contributed by atoms with Gasteiger partial charge in [-0.3, -0.25) is 0 Å². The van der Waals surface area contributed by atoms with Crippen LogP contribution in [0.15, 0.2) is 24.1 Å². The lowest BCUT2D eigenvalue weighted by molar-refractivity contribution is 0.0240. The van der Waals surface area contributed by atoms with Gasteiger partial charge in [0, 0.05) is 0 Å². The van der Waals surface area contributed by atoms with Crippen molar-refractivity contribution in [1.82, 2.24) is 0 Å². The summed E-state index contributed by atoms with van der Waals surface area (Å²) in [6, 6.07) is 0. The lowest BCUT2D eigenvalue weighted by Gasteiger charge is -2.26. The van der Waals surface area contributed by atoms with E-state index in [0.717, 1.165) is 25.8 Å². The third kappa shape index (κ3) is 8.06. The van der Waals surface area contributed by atoms with Gasteiger partial charge in [0.25, 0.3) is 0 Å². The van der Waals surface area contributed by atoms with Crippen LogP contribution in [0.3, 0.4) is 0 Å². The molecule has 88 valence electrons. The van der Waals surface area contributed by atoms with E-state index in [1.165, 1.54) is 0 Å². The van der Waals surface area contributed by atoms with Crippen LogP contribution in [0.2, 0.25) is 0 Å². The second kappa shape index (κ2) is 7.35. The van der Waals surface area contributed by atoms with Crippen LogP contribution in [0.4, 0.5) is 0 Å². The number of ether oxygens (including phenoxy) is 1. The number of rotatable bonds is 7. The standard InChI is InChI=1S/C12H24N2O/c1-4-5-8-11(14)15-12(2,3)9-6-7-10-13/h4-5,8H,6-7,9-10,13-14H2,1-3H3/b5-4-,11-8+. The Bertz CT molecular complexity index is 220. The fourth-order valence-corrected chi connectivity index (χ4v) is 1.29. The summed E-state index contributed by atoms with van der Waals surface area (Å²) in [5, 5.41) is 0. The van der Waals surface area contributed by atoms with Crippen molar-refractivity contribution in [3.8, 4) is 0 Å². The molecule has 0 spiro atoms. The third-order valence-electron chi connectivity index (χ3n) is 2.08. The van der Waals surface area contributed by atoms with E-state index in [2.05, 4.69) is 0 Å². The maximum absolute atomic E-state index is 5.71. The Morgan fingerprint density at radius 1 is 1.33 bits per heavy atom. The van der Waals surface area contributed by atoms with Gasteiger partial charge in [-0.15, -0.1) is 0 Å². The smallest absolute Gasteiger partial charge is 0.184 e. The van der Waals surface area contributed by atoms with Crippen LogP contribution in [0, 0.1) is 0 Å². The predicted octanol–water partition coefficient (Wildman–Crippen LogP) is 2.29. The van der Waals surface area contributed by atoms with E-state index >= 15 is 0 Å². The van der Waals surface area contributed by atoms with Crippen LogP contribution in [0.1, 0.15) is 40.0 Å². The number of allylic oxidation sites excluding steroid dienone is 3. The molecule has 0 unspecified atom stereocenters. The van der Waals surface area contributed by atoms with Gasteiger partial charge < -0.3 is 16.2 Å². The summed E-state index contributed by atoms with van der Waals surface area (Å²) in [4.78, 5) is 0. The van der Waals surface area contributed by atoms with Gasteiger partial charge in [0.1, 0.15) is 5.60 Å². The molecule has 0 radical (unpaired) electrons. The molecule has 0 aliphatic heterocycles. The van der Waals surface area contributed by atoms with Gasteiger partial charge in [-0.05, 0) is 52.7 Å². The predicted molar refractivity (Wildman–Crippen MR) is 65.2 cm³/mol. The second-order valence-electron chi connectivity index (χ2n) is 4.20. The Kier molecular flexibility index (Phi) is 6.88. The van der Waals surface area contributed by atoms with E-state index in [9.17, 15) is 0 Å².